The van der Waals surface area contributed by atoms with Gasteiger partial charge in [0.2, 0.25) is 0 Å². The van der Waals surface area contributed by atoms with Gasteiger partial charge in [-0.05, 0) is 66.5 Å². The van der Waals surface area contributed by atoms with E-state index in [9.17, 15) is 15.3 Å². The van der Waals surface area contributed by atoms with Gasteiger partial charge >= 0.3 is 0 Å². The molecule has 1 aliphatic heterocycles. The van der Waals surface area contributed by atoms with Gasteiger partial charge in [0.05, 0.1) is 23.1 Å². The van der Waals surface area contributed by atoms with Crippen LogP contribution < -0.4 is 10.6 Å². The Morgan fingerprint density at radius 2 is 1.90 bits per heavy atom. The zero-order valence-corrected chi connectivity index (χ0v) is 18.7. The van der Waals surface area contributed by atoms with Gasteiger partial charge in [0.25, 0.3) is 0 Å². The highest BCUT2D eigenvalue weighted by atomic mass is 32.1. The van der Waals surface area contributed by atoms with E-state index in [2.05, 4.69) is 12.1 Å². The summed E-state index contributed by atoms with van der Waals surface area (Å²) in [4.78, 5) is 16.3. The Kier molecular flexibility index (Phi) is 5.17. The molecule has 2 N–H and O–H groups in total. The first-order chi connectivity index (χ1) is 15.2. The third-order valence-corrected chi connectivity index (χ3v) is 8.49. The average Bonchev–Trinajstić information content (AvgIpc) is 3.35. The first-order valence-electron chi connectivity index (χ1n) is 10.7. The van der Waals surface area contributed by atoms with Crippen molar-refractivity contribution in [2.24, 2.45) is 5.73 Å². The zero-order chi connectivity index (χ0) is 21.5. The Morgan fingerprint density at radius 1 is 1.06 bits per heavy atom. The van der Waals surface area contributed by atoms with Crippen molar-refractivity contribution in [2.75, 3.05) is 4.90 Å². The molecule has 2 aromatic heterocycles. The molecule has 0 aromatic carbocycles. The van der Waals surface area contributed by atoms with E-state index >= 15 is 0 Å². The highest BCUT2D eigenvalue weighted by Gasteiger charge is 2.41. The number of carbonyl (C=O) groups is 1. The third-order valence-electron chi connectivity index (χ3n) is 6.51. The minimum absolute atomic E-state index is 0.0827. The van der Waals surface area contributed by atoms with Crippen LogP contribution in [0.5, 0.6) is 0 Å². The second kappa shape index (κ2) is 8.00. The highest BCUT2D eigenvalue weighted by Crippen LogP contribution is 2.50. The monoisotopic (exact) mass is 446 g/mol. The standard InChI is InChI=1S/C24H22N4OS2/c25-11-16-15-5-2-1-3-8-20(15)31-24(16)28-18-6-4-7-19(29)22(18)21(14-9-10-30-13-14)17(12-26)23(28)27/h9-10,13,21H,1-8,27H2. The Balaban J connectivity index is 1.75. The van der Waals surface area contributed by atoms with Gasteiger partial charge in [-0.3, -0.25) is 9.69 Å². The van der Waals surface area contributed by atoms with E-state index in [0.717, 1.165) is 53.9 Å². The smallest absolute Gasteiger partial charge is 0.161 e. The molecule has 156 valence electrons. The van der Waals surface area contributed by atoms with Crippen LogP contribution in [0.25, 0.3) is 0 Å². The number of allylic oxidation sites excluding steroid dienone is 3. The van der Waals surface area contributed by atoms with Crippen LogP contribution in [0.4, 0.5) is 5.00 Å². The van der Waals surface area contributed by atoms with E-state index in [0.29, 0.717) is 35.4 Å². The largest absolute Gasteiger partial charge is 0.384 e. The summed E-state index contributed by atoms with van der Waals surface area (Å²) < 4.78 is 0. The predicted molar refractivity (Wildman–Crippen MR) is 123 cm³/mol. The summed E-state index contributed by atoms with van der Waals surface area (Å²) in [5.74, 6) is 0.0259. The fourth-order valence-electron chi connectivity index (χ4n) is 5.09. The number of fused-ring (bicyclic) bond motifs is 1. The van der Waals surface area contributed by atoms with Crippen molar-refractivity contribution in [1.82, 2.24) is 0 Å². The van der Waals surface area contributed by atoms with Crippen LogP contribution in [0.3, 0.4) is 0 Å². The van der Waals surface area contributed by atoms with Crippen LogP contribution in [-0.2, 0) is 17.6 Å². The van der Waals surface area contributed by atoms with Crippen LogP contribution in [-0.4, -0.2) is 5.78 Å². The first-order valence-corrected chi connectivity index (χ1v) is 12.4. The zero-order valence-electron chi connectivity index (χ0n) is 17.1. The summed E-state index contributed by atoms with van der Waals surface area (Å²) in [6, 6.07) is 6.71. The number of carbonyl (C=O) groups excluding carboxylic acids is 1. The van der Waals surface area contributed by atoms with Gasteiger partial charge in [-0.15, -0.1) is 11.3 Å². The predicted octanol–water partition coefficient (Wildman–Crippen LogP) is 5.25. The minimum Gasteiger partial charge on any atom is -0.384 e. The van der Waals surface area contributed by atoms with Crippen LogP contribution in [0, 0.1) is 22.7 Å². The van der Waals surface area contributed by atoms with Crippen LogP contribution in [0.15, 0.2) is 39.5 Å². The van der Waals surface area contributed by atoms with Crippen molar-refractivity contribution in [3.05, 3.63) is 61.1 Å². The molecule has 3 aliphatic rings. The molecule has 0 saturated carbocycles. The summed E-state index contributed by atoms with van der Waals surface area (Å²) in [5, 5.41) is 24.9. The summed E-state index contributed by atoms with van der Waals surface area (Å²) >= 11 is 3.16. The Bertz CT molecular complexity index is 1200. The van der Waals surface area contributed by atoms with Gasteiger partial charge in [-0.1, -0.05) is 6.42 Å². The SMILES string of the molecule is N#CC1=C(N)N(c2sc3c(c2C#N)CCCCC3)C2=C(C(=O)CCC2)C1c1ccsc1. The second-order valence-corrected chi connectivity index (χ2v) is 10.1. The molecular weight excluding hydrogens is 424 g/mol. The molecule has 2 aliphatic carbocycles. The van der Waals surface area contributed by atoms with Crippen LogP contribution in [0.1, 0.15) is 66.0 Å². The Hall–Kier alpha value is -2.87. The lowest BCUT2D eigenvalue weighted by Crippen LogP contribution is -2.38. The molecule has 0 saturated heterocycles. The molecular formula is C24H22N4OS2. The lowest BCUT2D eigenvalue weighted by molar-refractivity contribution is -0.116. The average molecular weight is 447 g/mol. The summed E-state index contributed by atoms with van der Waals surface area (Å²) in [6.45, 7) is 0. The van der Waals surface area contributed by atoms with Gasteiger partial charge in [0.15, 0.2) is 5.78 Å². The van der Waals surface area contributed by atoms with Crippen LogP contribution in [0.2, 0.25) is 0 Å². The molecule has 5 rings (SSSR count). The van der Waals surface area contributed by atoms with E-state index in [1.54, 1.807) is 22.7 Å². The fourth-order valence-corrected chi connectivity index (χ4v) is 7.16. The minimum atomic E-state index is -0.418. The molecule has 0 radical (unpaired) electrons. The normalized spacial score (nSPS) is 21.3. The number of rotatable bonds is 2. The van der Waals surface area contributed by atoms with E-state index < -0.39 is 5.92 Å². The summed E-state index contributed by atoms with van der Waals surface area (Å²) in [6.07, 6.45) is 7.22. The molecule has 5 nitrogen and oxygen atoms in total. The van der Waals surface area contributed by atoms with Gasteiger partial charge in [0, 0.05) is 22.6 Å². The number of hydrogen-bond acceptors (Lipinski definition) is 7. The van der Waals surface area contributed by atoms with Gasteiger partial charge in [-0.25, -0.2) is 0 Å². The maximum atomic E-state index is 13.2. The molecule has 1 unspecified atom stereocenters. The van der Waals surface area contributed by atoms with Crippen molar-refractivity contribution in [3.8, 4) is 12.1 Å². The van der Waals surface area contributed by atoms with E-state index in [1.807, 2.05) is 21.7 Å². The number of ketones is 1. The van der Waals surface area contributed by atoms with Crippen LogP contribution >= 0.6 is 22.7 Å². The quantitative estimate of drug-likeness (QED) is 0.636. The van der Waals surface area contributed by atoms with Crippen molar-refractivity contribution >= 4 is 33.5 Å². The molecule has 0 amide bonds. The molecule has 0 spiro atoms. The molecule has 3 heterocycles. The number of nitrogens with two attached hydrogens (primary N) is 1. The summed E-state index contributed by atoms with van der Waals surface area (Å²) in [7, 11) is 0. The Morgan fingerprint density at radius 3 is 2.65 bits per heavy atom. The van der Waals surface area contributed by atoms with E-state index in [4.69, 9.17) is 5.73 Å². The van der Waals surface area contributed by atoms with Crippen molar-refractivity contribution in [3.63, 3.8) is 0 Å². The maximum Gasteiger partial charge on any atom is 0.161 e. The number of Topliss-reactive ketones (excluding diaryl/α,β-unsaturated/α-hetero) is 1. The molecule has 7 heteroatoms. The number of nitrogens with zero attached hydrogens (tertiary/aromatic N) is 3. The van der Waals surface area contributed by atoms with Crippen molar-refractivity contribution in [1.29, 1.82) is 10.5 Å². The van der Waals surface area contributed by atoms with E-state index in [-0.39, 0.29) is 5.78 Å². The number of thiophene rings is 2. The molecule has 0 fully saturated rings. The Labute approximate surface area is 189 Å². The molecule has 0 bridgehead atoms. The molecule has 1 atom stereocenters. The highest BCUT2D eigenvalue weighted by molar-refractivity contribution is 7.16. The lowest BCUT2D eigenvalue weighted by Gasteiger charge is -2.38. The summed E-state index contributed by atoms with van der Waals surface area (Å²) in [5.41, 5.74) is 11.4. The van der Waals surface area contributed by atoms with Gasteiger partial charge < -0.3 is 5.73 Å². The number of hydrogen-bond donors (Lipinski definition) is 1. The maximum absolute atomic E-state index is 13.2. The van der Waals surface area contributed by atoms with Gasteiger partial charge in [0.1, 0.15) is 16.9 Å². The fraction of sp³-hybridized carbons (Fsp3) is 0.375. The molecule has 31 heavy (non-hydrogen) atoms. The van der Waals surface area contributed by atoms with Crippen molar-refractivity contribution < 1.29 is 4.79 Å². The number of aryl methyl sites for hydroxylation is 1. The second-order valence-electron chi connectivity index (χ2n) is 8.23. The van der Waals surface area contributed by atoms with Gasteiger partial charge in [-0.2, -0.15) is 21.9 Å². The third kappa shape index (κ3) is 3.12. The lowest BCUT2D eigenvalue weighted by atomic mass is 9.76. The van der Waals surface area contributed by atoms with Crippen molar-refractivity contribution in [2.45, 2.75) is 57.3 Å². The van der Waals surface area contributed by atoms with E-state index in [1.165, 1.54) is 11.3 Å². The topological polar surface area (TPSA) is 93.9 Å². The number of anilines is 1. The molecule has 2 aromatic rings. The number of nitriles is 2. The first kappa shape index (κ1) is 20.1.